The van der Waals surface area contributed by atoms with Crippen molar-refractivity contribution in [3.8, 4) is 5.75 Å². The molecule has 1 fully saturated rings. The van der Waals surface area contributed by atoms with E-state index < -0.39 is 0 Å². The number of anilines is 1. The average Bonchev–Trinajstić information content (AvgIpc) is 2.69. The smallest absolute Gasteiger partial charge is 0.232 e. The van der Waals surface area contributed by atoms with Crippen molar-refractivity contribution in [3.05, 3.63) is 60.2 Å². The molecule has 1 aliphatic heterocycles. The lowest BCUT2D eigenvalue weighted by Gasteiger charge is -2.23. The summed E-state index contributed by atoms with van der Waals surface area (Å²) in [5, 5.41) is 3.04. The molecule has 2 unspecified atom stereocenters. The van der Waals surface area contributed by atoms with Gasteiger partial charge in [0.05, 0.1) is 17.7 Å². The van der Waals surface area contributed by atoms with Gasteiger partial charge in [-0.1, -0.05) is 49.4 Å². The van der Waals surface area contributed by atoms with Crippen molar-refractivity contribution in [1.82, 2.24) is 0 Å². The van der Waals surface area contributed by atoms with Crippen LogP contribution in [0.3, 0.4) is 0 Å². The quantitative estimate of drug-likeness (QED) is 0.780. The number of ether oxygens (including phenoxy) is 2. The fraction of sp³-hybridized carbons (Fsp3) is 0.409. The molecule has 2 aromatic rings. The fourth-order valence-electron chi connectivity index (χ4n) is 3.30. The first-order chi connectivity index (χ1) is 12.8. The molecule has 0 saturated carbocycles. The number of nitrogens with one attached hydrogen (secondary N) is 1. The van der Waals surface area contributed by atoms with Gasteiger partial charge < -0.3 is 14.8 Å². The van der Waals surface area contributed by atoms with Crippen LogP contribution in [0, 0.1) is 0 Å². The highest BCUT2D eigenvalue weighted by molar-refractivity contribution is 5.97. The predicted molar refractivity (Wildman–Crippen MR) is 104 cm³/mol. The Morgan fingerprint density at radius 1 is 1.15 bits per heavy atom. The highest BCUT2D eigenvalue weighted by Crippen LogP contribution is 2.28. The van der Waals surface area contributed by atoms with Crippen LogP contribution in [0.2, 0.25) is 0 Å². The summed E-state index contributed by atoms with van der Waals surface area (Å²) in [5.74, 6) is 0.507. The lowest BCUT2D eigenvalue weighted by Crippen LogP contribution is -2.26. The molecule has 0 aliphatic carbocycles. The van der Waals surface area contributed by atoms with E-state index in [1.54, 1.807) is 0 Å². The molecule has 0 radical (unpaired) electrons. The van der Waals surface area contributed by atoms with Crippen LogP contribution in [0.25, 0.3) is 0 Å². The first kappa shape index (κ1) is 18.5. The van der Waals surface area contributed by atoms with Crippen molar-refractivity contribution in [2.75, 3.05) is 18.5 Å². The van der Waals surface area contributed by atoms with E-state index in [0.29, 0.717) is 18.0 Å². The Labute approximate surface area is 155 Å². The molecule has 1 saturated heterocycles. The fourth-order valence-corrected chi connectivity index (χ4v) is 3.30. The third kappa shape index (κ3) is 4.85. The second-order valence-electron chi connectivity index (χ2n) is 6.66. The van der Waals surface area contributed by atoms with E-state index in [2.05, 4.69) is 5.32 Å². The maximum Gasteiger partial charge on any atom is 0.232 e. The zero-order valence-electron chi connectivity index (χ0n) is 15.3. The van der Waals surface area contributed by atoms with Crippen molar-refractivity contribution in [2.24, 2.45) is 0 Å². The summed E-state index contributed by atoms with van der Waals surface area (Å²) in [7, 11) is 0. The topological polar surface area (TPSA) is 47.6 Å². The molecule has 0 spiro atoms. The first-order valence-electron chi connectivity index (χ1n) is 9.47. The monoisotopic (exact) mass is 353 g/mol. The Bertz CT molecular complexity index is 696. The third-order valence-electron chi connectivity index (χ3n) is 4.77. The van der Waals surface area contributed by atoms with Gasteiger partial charge in [-0.15, -0.1) is 0 Å². The molecule has 26 heavy (non-hydrogen) atoms. The zero-order chi connectivity index (χ0) is 18.2. The number of carbonyl (C=O) groups is 1. The molecular weight excluding hydrogens is 326 g/mol. The Morgan fingerprint density at radius 2 is 1.92 bits per heavy atom. The number of hydrogen-bond acceptors (Lipinski definition) is 3. The number of hydrogen-bond donors (Lipinski definition) is 1. The summed E-state index contributed by atoms with van der Waals surface area (Å²) < 4.78 is 11.7. The van der Waals surface area contributed by atoms with Crippen LogP contribution in [-0.4, -0.2) is 25.2 Å². The van der Waals surface area contributed by atoms with Gasteiger partial charge in [0, 0.05) is 6.61 Å². The minimum atomic E-state index is -0.175. The van der Waals surface area contributed by atoms with Gasteiger partial charge in [-0.3, -0.25) is 4.79 Å². The minimum absolute atomic E-state index is 0.0105. The van der Waals surface area contributed by atoms with E-state index in [0.717, 1.165) is 31.4 Å². The van der Waals surface area contributed by atoms with Gasteiger partial charge in [0.25, 0.3) is 0 Å². The molecular formula is C22H27NO3. The number of para-hydroxylation sites is 2. The molecule has 2 aromatic carbocycles. The second-order valence-corrected chi connectivity index (χ2v) is 6.66. The van der Waals surface area contributed by atoms with E-state index in [-0.39, 0.29) is 17.9 Å². The lowest BCUT2D eigenvalue weighted by atomic mass is 9.95. The Kier molecular flexibility index (Phi) is 6.67. The molecule has 1 N–H and O–H groups in total. The SMILES string of the molecule is CCC(C(=O)Nc1ccccc1OCC1CCCCO1)c1ccccc1. The molecule has 0 bridgehead atoms. The van der Waals surface area contributed by atoms with Crippen LogP contribution < -0.4 is 10.1 Å². The normalized spacial score (nSPS) is 18.1. The summed E-state index contributed by atoms with van der Waals surface area (Å²) in [4.78, 5) is 12.8. The molecule has 3 rings (SSSR count). The summed E-state index contributed by atoms with van der Waals surface area (Å²) in [6.45, 7) is 3.35. The predicted octanol–water partition coefficient (Wildman–Crippen LogP) is 4.77. The van der Waals surface area contributed by atoms with Gasteiger partial charge in [0.15, 0.2) is 0 Å². The van der Waals surface area contributed by atoms with E-state index in [9.17, 15) is 4.79 Å². The van der Waals surface area contributed by atoms with Gasteiger partial charge in [0.2, 0.25) is 5.91 Å². The number of carbonyl (C=O) groups excluding carboxylic acids is 1. The van der Waals surface area contributed by atoms with Crippen molar-refractivity contribution in [2.45, 2.75) is 44.6 Å². The van der Waals surface area contributed by atoms with Gasteiger partial charge in [0.1, 0.15) is 12.4 Å². The number of benzene rings is 2. The highest BCUT2D eigenvalue weighted by atomic mass is 16.5. The van der Waals surface area contributed by atoms with Crippen LogP contribution in [0.4, 0.5) is 5.69 Å². The first-order valence-corrected chi connectivity index (χ1v) is 9.47. The van der Waals surface area contributed by atoms with E-state index in [1.807, 2.05) is 61.5 Å². The third-order valence-corrected chi connectivity index (χ3v) is 4.77. The zero-order valence-corrected chi connectivity index (χ0v) is 15.3. The molecule has 1 aliphatic rings. The van der Waals surface area contributed by atoms with Crippen molar-refractivity contribution < 1.29 is 14.3 Å². The van der Waals surface area contributed by atoms with E-state index in [4.69, 9.17) is 9.47 Å². The van der Waals surface area contributed by atoms with Crippen molar-refractivity contribution >= 4 is 11.6 Å². The molecule has 1 heterocycles. The van der Waals surface area contributed by atoms with E-state index in [1.165, 1.54) is 6.42 Å². The van der Waals surface area contributed by atoms with Gasteiger partial charge >= 0.3 is 0 Å². The maximum atomic E-state index is 12.8. The van der Waals surface area contributed by atoms with Crippen LogP contribution in [-0.2, 0) is 9.53 Å². The second kappa shape index (κ2) is 9.39. The van der Waals surface area contributed by atoms with Gasteiger partial charge in [-0.05, 0) is 43.4 Å². The average molecular weight is 353 g/mol. The summed E-state index contributed by atoms with van der Waals surface area (Å²) in [5.41, 5.74) is 1.74. The van der Waals surface area contributed by atoms with Crippen LogP contribution in [0.1, 0.15) is 44.1 Å². The van der Waals surface area contributed by atoms with Crippen LogP contribution >= 0.6 is 0 Å². The lowest BCUT2D eigenvalue weighted by molar-refractivity contribution is -0.117. The molecule has 138 valence electrons. The highest BCUT2D eigenvalue weighted by Gasteiger charge is 2.20. The summed E-state index contributed by atoms with van der Waals surface area (Å²) in [6.07, 6.45) is 4.22. The Hall–Kier alpha value is -2.33. The van der Waals surface area contributed by atoms with Gasteiger partial charge in [-0.25, -0.2) is 0 Å². The van der Waals surface area contributed by atoms with Crippen LogP contribution in [0.5, 0.6) is 5.75 Å². The molecule has 0 aromatic heterocycles. The molecule has 1 amide bonds. The standard InChI is InChI=1S/C22H27NO3/c1-2-19(17-10-4-3-5-11-17)22(24)23-20-13-6-7-14-21(20)26-16-18-12-8-9-15-25-18/h3-7,10-11,13-14,18-19H,2,8-9,12,15-16H2,1H3,(H,23,24). The minimum Gasteiger partial charge on any atom is -0.489 e. The summed E-state index contributed by atoms with van der Waals surface area (Å²) >= 11 is 0. The molecule has 4 heteroatoms. The number of rotatable bonds is 7. The van der Waals surface area contributed by atoms with Gasteiger partial charge in [-0.2, -0.15) is 0 Å². The molecule has 2 atom stereocenters. The van der Waals surface area contributed by atoms with Crippen LogP contribution in [0.15, 0.2) is 54.6 Å². The summed E-state index contributed by atoms with van der Waals surface area (Å²) in [6, 6.07) is 17.5. The maximum absolute atomic E-state index is 12.8. The van der Waals surface area contributed by atoms with Crippen molar-refractivity contribution in [1.29, 1.82) is 0 Å². The molecule has 4 nitrogen and oxygen atoms in total. The van der Waals surface area contributed by atoms with Crippen molar-refractivity contribution in [3.63, 3.8) is 0 Å². The van der Waals surface area contributed by atoms with E-state index >= 15 is 0 Å². The number of amides is 1. The Balaban J connectivity index is 1.66. The largest absolute Gasteiger partial charge is 0.489 e. The Morgan fingerprint density at radius 3 is 2.65 bits per heavy atom.